The lowest BCUT2D eigenvalue weighted by molar-refractivity contribution is -0.384. The lowest BCUT2D eigenvalue weighted by Crippen LogP contribution is -2.31. The van der Waals surface area contributed by atoms with Crippen LogP contribution in [0.5, 0.6) is 0 Å². The minimum Gasteiger partial charge on any atom is -0.381 e. The van der Waals surface area contributed by atoms with Gasteiger partial charge in [-0.1, -0.05) is 0 Å². The molecule has 1 N–H and O–H groups in total. The molecule has 1 unspecified atom stereocenters. The Morgan fingerprint density at radius 3 is 2.79 bits per heavy atom. The third-order valence-corrected chi connectivity index (χ3v) is 3.55. The summed E-state index contributed by atoms with van der Waals surface area (Å²) in [7, 11) is 0. The highest BCUT2D eigenvalue weighted by molar-refractivity contribution is 5.56. The lowest BCUT2D eigenvalue weighted by atomic mass is 9.93. The quantitative estimate of drug-likeness (QED) is 0.668. The molecule has 1 aromatic heterocycles. The van der Waals surface area contributed by atoms with Gasteiger partial charge in [0.05, 0.1) is 4.92 Å². The maximum atomic E-state index is 11.0. The number of nitrogens with one attached hydrogen (secondary N) is 1. The Morgan fingerprint density at radius 2 is 2.16 bits per heavy atom. The van der Waals surface area contributed by atoms with Gasteiger partial charge in [0.2, 0.25) is 5.82 Å². The van der Waals surface area contributed by atoms with Crippen LogP contribution in [0, 0.1) is 23.0 Å². The van der Waals surface area contributed by atoms with Crippen molar-refractivity contribution in [3.05, 3.63) is 27.9 Å². The van der Waals surface area contributed by atoms with E-state index in [1.165, 1.54) is 6.07 Å². The van der Waals surface area contributed by atoms with Gasteiger partial charge < -0.3 is 10.1 Å². The first kappa shape index (κ1) is 13.7. The topological polar surface area (TPSA) is 77.3 Å². The molecular weight excluding hydrogens is 246 g/mol. The first-order valence-corrected chi connectivity index (χ1v) is 6.54. The number of rotatable bonds is 4. The van der Waals surface area contributed by atoms with Gasteiger partial charge in [-0.15, -0.1) is 0 Å². The predicted molar refractivity (Wildman–Crippen MR) is 72.3 cm³/mol. The second kappa shape index (κ2) is 5.97. The Morgan fingerprint density at radius 1 is 1.47 bits per heavy atom. The van der Waals surface area contributed by atoms with Crippen molar-refractivity contribution in [3.8, 4) is 0 Å². The molecule has 1 aromatic rings. The Balaban J connectivity index is 2.12. The minimum atomic E-state index is -0.397. The highest BCUT2D eigenvalue weighted by Gasteiger charge is 2.23. The fraction of sp³-hybridized carbons (Fsp3) is 0.615. The van der Waals surface area contributed by atoms with Crippen LogP contribution in [-0.4, -0.2) is 29.2 Å². The molecule has 0 radical (unpaired) electrons. The summed E-state index contributed by atoms with van der Waals surface area (Å²) in [5, 5.41) is 14.2. The fourth-order valence-electron chi connectivity index (χ4n) is 2.35. The van der Waals surface area contributed by atoms with E-state index in [1.54, 1.807) is 6.07 Å². The Kier molecular flexibility index (Phi) is 4.31. The van der Waals surface area contributed by atoms with Gasteiger partial charge in [-0.25, -0.2) is 4.98 Å². The van der Waals surface area contributed by atoms with Crippen LogP contribution in [0.15, 0.2) is 12.1 Å². The third kappa shape index (κ3) is 3.41. The highest BCUT2D eigenvalue weighted by Crippen LogP contribution is 2.26. The van der Waals surface area contributed by atoms with Gasteiger partial charge in [0.15, 0.2) is 0 Å². The van der Waals surface area contributed by atoms with E-state index < -0.39 is 4.92 Å². The van der Waals surface area contributed by atoms with Crippen molar-refractivity contribution in [1.29, 1.82) is 0 Å². The van der Waals surface area contributed by atoms with E-state index in [-0.39, 0.29) is 11.7 Å². The van der Waals surface area contributed by atoms with Crippen molar-refractivity contribution in [2.24, 2.45) is 5.92 Å². The van der Waals surface area contributed by atoms with Gasteiger partial charge in [-0.2, -0.15) is 0 Å². The van der Waals surface area contributed by atoms with Gasteiger partial charge in [0.1, 0.15) is 0 Å². The molecule has 2 heterocycles. The molecule has 1 saturated heterocycles. The van der Waals surface area contributed by atoms with Gasteiger partial charge in [0, 0.05) is 31.0 Å². The Hall–Kier alpha value is -1.69. The molecule has 6 heteroatoms. The molecule has 1 atom stereocenters. The van der Waals surface area contributed by atoms with E-state index in [4.69, 9.17) is 4.74 Å². The smallest absolute Gasteiger partial charge is 0.311 e. The Labute approximate surface area is 112 Å². The molecule has 6 nitrogen and oxygen atoms in total. The predicted octanol–water partition coefficient (Wildman–Crippen LogP) is 2.53. The molecule has 0 amide bonds. The molecule has 0 aliphatic carbocycles. The summed E-state index contributed by atoms with van der Waals surface area (Å²) >= 11 is 0. The third-order valence-electron chi connectivity index (χ3n) is 3.55. The highest BCUT2D eigenvalue weighted by atomic mass is 16.6. The summed E-state index contributed by atoms with van der Waals surface area (Å²) in [6.45, 7) is 5.40. The van der Waals surface area contributed by atoms with Crippen LogP contribution in [-0.2, 0) is 4.74 Å². The molecule has 1 aliphatic heterocycles. The van der Waals surface area contributed by atoms with Crippen molar-refractivity contribution >= 4 is 11.5 Å². The van der Waals surface area contributed by atoms with Crippen LogP contribution in [0.25, 0.3) is 0 Å². The zero-order valence-electron chi connectivity index (χ0n) is 11.3. The molecule has 104 valence electrons. The van der Waals surface area contributed by atoms with Crippen molar-refractivity contribution in [1.82, 2.24) is 4.98 Å². The summed E-state index contributed by atoms with van der Waals surface area (Å²) in [4.78, 5) is 14.8. The summed E-state index contributed by atoms with van der Waals surface area (Å²) < 4.78 is 5.33. The SMILES string of the molecule is Cc1ccc([N+](=O)[O-])c(NC(C)C2CCOCC2)n1. The number of pyridine rings is 1. The van der Waals surface area contributed by atoms with Crippen LogP contribution in [0.4, 0.5) is 11.5 Å². The zero-order chi connectivity index (χ0) is 13.8. The number of ether oxygens (including phenoxy) is 1. The monoisotopic (exact) mass is 265 g/mol. The molecule has 0 spiro atoms. The first-order chi connectivity index (χ1) is 9.08. The molecule has 1 aliphatic rings. The average Bonchev–Trinajstić information content (AvgIpc) is 2.39. The normalized spacial score (nSPS) is 18.0. The van der Waals surface area contributed by atoms with E-state index in [0.717, 1.165) is 31.7 Å². The van der Waals surface area contributed by atoms with E-state index in [0.29, 0.717) is 11.7 Å². The summed E-state index contributed by atoms with van der Waals surface area (Å²) in [6.07, 6.45) is 1.96. The van der Waals surface area contributed by atoms with Crippen molar-refractivity contribution in [2.45, 2.75) is 32.7 Å². The van der Waals surface area contributed by atoms with Crippen LogP contribution in [0.2, 0.25) is 0 Å². The lowest BCUT2D eigenvalue weighted by Gasteiger charge is -2.28. The molecule has 1 fully saturated rings. The number of aromatic nitrogens is 1. The van der Waals surface area contributed by atoms with Crippen molar-refractivity contribution in [3.63, 3.8) is 0 Å². The Bertz CT molecular complexity index is 458. The molecule has 0 saturated carbocycles. The molecule has 0 bridgehead atoms. The zero-order valence-corrected chi connectivity index (χ0v) is 11.3. The largest absolute Gasteiger partial charge is 0.381 e. The number of anilines is 1. The molecule has 0 aromatic carbocycles. The van der Waals surface area contributed by atoms with E-state index in [1.807, 2.05) is 13.8 Å². The van der Waals surface area contributed by atoms with Gasteiger partial charge in [0.25, 0.3) is 0 Å². The maximum absolute atomic E-state index is 11.0. The second-order valence-electron chi connectivity index (χ2n) is 4.96. The van der Waals surface area contributed by atoms with E-state index in [2.05, 4.69) is 10.3 Å². The summed E-state index contributed by atoms with van der Waals surface area (Å²) in [5.41, 5.74) is 0.803. The molecule has 2 rings (SSSR count). The number of nitro groups is 1. The fourth-order valence-corrected chi connectivity index (χ4v) is 2.35. The van der Waals surface area contributed by atoms with E-state index >= 15 is 0 Å². The van der Waals surface area contributed by atoms with Gasteiger partial charge >= 0.3 is 5.69 Å². The number of nitrogens with zero attached hydrogens (tertiary/aromatic N) is 2. The van der Waals surface area contributed by atoms with Crippen LogP contribution < -0.4 is 5.32 Å². The maximum Gasteiger partial charge on any atom is 0.311 e. The van der Waals surface area contributed by atoms with Crippen LogP contribution in [0.1, 0.15) is 25.5 Å². The van der Waals surface area contributed by atoms with Gasteiger partial charge in [-0.3, -0.25) is 10.1 Å². The second-order valence-corrected chi connectivity index (χ2v) is 4.96. The molecule has 19 heavy (non-hydrogen) atoms. The van der Waals surface area contributed by atoms with Crippen molar-refractivity contribution in [2.75, 3.05) is 18.5 Å². The van der Waals surface area contributed by atoms with Crippen LogP contribution in [0.3, 0.4) is 0 Å². The number of aryl methyl sites for hydroxylation is 1. The minimum absolute atomic E-state index is 0.0320. The number of hydrogen-bond acceptors (Lipinski definition) is 5. The summed E-state index contributed by atoms with van der Waals surface area (Å²) in [6, 6.07) is 3.31. The van der Waals surface area contributed by atoms with Gasteiger partial charge in [-0.05, 0) is 38.7 Å². The molecular formula is C13H19N3O3. The first-order valence-electron chi connectivity index (χ1n) is 6.54. The summed E-state index contributed by atoms with van der Waals surface area (Å²) in [5.74, 6) is 0.833. The number of hydrogen-bond donors (Lipinski definition) is 1. The van der Waals surface area contributed by atoms with Crippen molar-refractivity contribution < 1.29 is 9.66 Å². The van der Waals surface area contributed by atoms with Crippen LogP contribution >= 0.6 is 0 Å². The standard InChI is InChI=1S/C13H19N3O3/c1-9-3-4-12(16(17)18)13(14-9)15-10(2)11-5-7-19-8-6-11/h3-4,10-11H,5-8H2,1-2H3,(H,14,15). The van der Waals surface area contributed by atoms with E-state index in [9.17, 15) is 10.1 Å². The average molecular weight is 265 g/mol.